The highest BCUT2D eigenvalue weighted by Gasteiger charge is 2.16. The van der Waals surface area contributed by atoms with Crippen molar-refractivity contribution in [2.24, 2.45) is 0 Å². The van der Waals surface area contributed by atoms with E-state index in [1.165, 1.54) is 25.9 Å². The van der Waals surface area contributed by atoms with Crippen LogP contribution < -0.4 is 5.32 Å². The Hall–Kier alpha value is -1.14. The molecule has 0 aliphatic rings. The molecule has 96 valence electrons. The molecule has 0 aromatic rings. The highest BCUT2D eigenvalue weighted by atomic mass is 16.4. The van der Waals surface area contributed by atoms with Crippen molar-refractivity contribution in [2.45, 2.75) is 39.2 Å². The number of hydrogen-bond donors (Lipinski definition) is 4. The van der Waals surface area contributed by atoms with Crippen molar-refractivity contribution < 1.29 is 24.9 Å². The number of carboxylic acids is 2. The second-order valence-corrected chi connectivity index (χ2v) is 3.20. The maximum atomic E-state index is 9.72. The molecule has 0 aromatic heterocycles. The normalized spacial score (nSPS) is 11.2. The largest absolute Gasteiger partial charge is 0.481 e. The summed E-state index contributed by atoms with van der Waals surface area (Å²) in [7, 11) is 0. The second kappa shape index (κ2) is 11.9. The molecule has 0 aliphatic heterocycles. The van der Waals surface area contributed by atoms with Crippen LogP contribution in [0.3, 0.4) is 0 Å². The van der Waals surface area contributed by atoms with Gasteiger partial charge in [0.15, 0.2) is 6.10 Å². The van der Waals surface area contributed by atoms with Crippen LogP contribution in [0.15, 0.2) is 0 Å². The number of carboxylic acid groups (broad SMARTS) is 2. The van der Waals surface area contributed by atoms with E-state index in [1.54, 1.807) is 0 Å². The lowest BCUT2D eigenvalue weighted by Crippen LogP contribution is -2.22. The fourth-order valence-electron chi connectivity index (χ4n) is 0.731. The number of aliphatic hydroxyl groups excluding tert-OH is 1. The van der Waals surface area contributed by atoms with Crippen LogP contribution in [0.4, 0.5) is 0 Å². The molecule has 1 unspecified atom stereocenters. The zero-order valence-corrected chi connectivity index (χ0v) is 9.77. The molecule has 0 heterocycles. The molecule has 0 amide bonds. The summed E-state index contributed by atoms with van der Waals surface area (Å²) in [4.78, 5) is 19.4. The van der Waals surface area contributed by atoms with Crippen LogP contribution in [0.5, 0.6) is 0 Å². The number of carbonyl (C=O) groups is 2. The van der Waals surface area contributed by atoms with Gasteiger partial charge in [0.2, 0.25) is 0 Å². The predicted octanol–water partition coefficient (Wildman–Crippen LogP) is 0.303. The van der Waals surface area contributed by atoms with Crippen molar-refractivity contribution in [1.29, 1.82) is 0 Å². The van der Waals surface area contributed by atoms with Gasteiger partial charge in [0.05, 0.1) is 6.42 Å². The van der Waals surface area contributed by atoms with E-state index in [0.29, 0.717) is 0 Å². The van der Waals surface area contributed by atoms with E-state index in [0.717, 1.165) is 0 Å². The Bertz CT molecular complexity index is 192. The van der Waals surface area contributed by atoms with Crippen molar-refractivity contribution in [3.63, 3.8) is 0 Å². The molecule has 6 nitrogen and oxygen atoms in total. The zero-order valence-electron chi connectivity index (χ0n) is 9.77. The lowest BCUT2D eigenvalue weighted by atomic mass is 10.3. The lowest BCUT2D eigenvalue weighted by Gasteiger charge is -1.97. The number of aliphatic hydroxyl groups is 1. The van der Waals surface area contributed by atoms with Gasteiger partial charge in [-0.05, 0) is 25.9 Å². The Morgan fingerprint density at radius 3 is 1.75 bits per heavy atom. The van der Waals surface area contributed by atoms with Gasteiger partial charge in [0.1, 0.15) is 0 Å². The van der Waals surface area contributed by atoms with Gasteiger partial charge in [-0.1, -0.05) is 13.8 Å². The number of hydrogen-bond acceptors (Lipinski definition) is 4. The van der Waals surface area contributed by atoms with Gasteiger partial charge in [-0.15, -0.1) is 0 Å². The summed E-state index contributed by atoms with van der Waals surface area (Å²) < 4.78 is 0. The number of nitrogens with one attached hydrogen (secondary N) is 1. The van der Waals surface area contributed by atoms with Gasteiger partial charge in [-0.2, -0.15) is 0 Å². The third kappa shape index (κ3) is 15.3. The van der Waals surface area contributed by atoms with Gasteiger partial charge >= 0.3 is 11.9 Å². The molecule has 0 spiro atoms. The molecule has 0 aliphatic carbocycles. The number of aliphatic carboxylic acids is 2. The summed E-state index contributed by atoms with van der Waals surface area (Å²) in [5, 5.41) is 27.4. The smallest absolute Gasteiger partial charge is 0.333 e. The Morgan fingerprint density at radius 1 is 1.12 bits per heavy atom. The molecular formula is C10H21NO5. The quantitative estimate of drug-likeness (QED) is 0.473. The van der Waals surface area contributed by atoms with Gasteiger partial charge in [0.25, 0.3) is 0 Å². The lowest BCUT2D eigenvalue weighted by molar-refractivity contribution is -0.152. The van der Waals surface area contributed by atoms with Crippen molar-refractivity contribution in [2.75, 3.05) is 13.1 Å². The van der Waals surface area contributed by atoms with Crippen molar-refractivity contribution in [3.8, 4) is 0 Å². The van der Waals surface area contributed by atoms with E-state index >= 15 is 0 Å². The van der Waals surface area contributed by atoms with Gasteiger partial charge < -0.3 is 20.6 Å². The maximum absolute atomic E-state index is 9.72. The molecule has 0 radical (unpaired) electrons. The first-order valence-electron chi connectivity index (χ1n) is 5.29. The summed E-state index contributed by atoms with van der Waals surface area (Å²) in [5.41, 5.74) is 0. The van der Waals surface area contributed by atoms with E-state index in [-0.39, 0.29) is 0 Å². The van der Waals surface area contributed by atoms with Crippen LogP contribution >= 0.6 is 0 Å². The maximum Gasteiger partial charge on any atom is 0.333 e. The fraction of sp³-hybridized carbons (Fsp3) is 0.800. The Kier molecular flexibility index (Phi) is 12.9. The van der Waals surface area contributed by atoms with E-state index in [1.807, 2.05) is 0 Å². The summed E-state index contributed by atoms with van der Waals surface area (Å²) in [5.74, 6) is -2.85. The third-order valence-electron chi connectivity index (χ3n) is 1.51. The van der Waals surface area contributed by atoms with Crippen LogP contribution in [-0.4, -0.2) is 46.5 Å². The molecule has 0 rings (SSSR count). The topological polar surface area (TPSA) is 107 Å². The monoisotopic (exact) mass is 235 g/mol. The first kappa shape index (κ1) is 17.3. The summed E-state index contributed by atoms with van der Waals surface area (Å²) in [6.07, 6.45) is -0.0440. The molecule has 6 heteroatoms. The van der Waals surface area contributed by atoms with Crippen LogP contribution in [-0.2, 0) is 9.59 Å². The van der Waals surface area contributed by atoms with Gasteiger partial charge in [0, 0.05) is 0 Å². The average molecular weight is 235 g/mol. The predicted molar refractivity (Wildman–Crippen MR) is 59.3 cm³/mol. The summed E-state index contributed by atoms with van der Waals surface area (Å²) in [6, 6.07) is 0. The Balaban J connectivity index is 0. The minimum atomic E-state index is -1.79. The van der Waals surface area contributed by atoms with Gasteiger partial charge in [-0.3, -0.25) is 4.79 Å². The molecule has 16 heavy (non-hydrogen) atoms. The zero-order chi connectivity index (χ0) is 13.0. The highest BCUT2D eigenvalue weighted by Crippen LogP contribution is 1.89. The number of rotatable bonds is 7. The van der Waals surface area contributed by atoms with Crippen molar-refractivity contribution in [3.05, 3.63) is 0 Å². The summed E-state index contributed by atoms with van der Waals surface area (Å²) >= 11 is 0. The van der Waals surface area contributed by atoms with E-state index in [9.17, 15) is 9.59 Å². The third-order valence-corrected chi connectivity index (χ3v) is 1.51. The van der Waals surface area contributed by atoms with Crippen LogP contribution in [0.2, 0.25) is 0 Å². The fourth-order valence-corrected chi connectivity index (χ4v) is 0.731. The standard InChI is InChI=1S/C6H15N.C4H6O5/c1-3-5-7-6-4-2;5-2(4(8)9)1-3(6)7/h7H,3-6H2,1-2H3;2,5H,1H2,(H,6,7)(H,8,9). The molecule has 4 N–H and O–H groups in total. The minimum absolute atomic E-state index is 0.755. The molecule has 0 bridgehead atoms. The van der Waals surface area contributed by atoms with Crippen LogP contribution in [0, 0.1) is 0 Å². The SMILES string of the molecule is CCCNCCC.O=C(O)CC(O)C(=O)O. The average Bonchev–Trinajstić information content (AvgIpc) is 2.18. The van der Waals surface area contributed by atoms with Crippen molar-refractivity contribution >= 4 is 11.9 Å². The highest BCUT2D eigenvalue weighted by molar-refractivity contribution is 5.79. The first-order valence-corrected chi connectivity index (χ1v) is 5.29. The van der Waals surface area contributed by atoms with Gasteiger partial charge in [-0.25, -0.2) is 4.79 Å². The van der Waals surface area contributed by atoms with Crippen LogP contribution in [0.1, 0.15) is 33.1 Å². The first-order chi connectivity index (χ1) is 7.45. The summed E-state index contributed by atoms with van der Waals surface area (Å²) in [6.45, 7) is 6.72. The Morgan fingerprint density at radius 2 is 1.56 bits per heavy atom. The molecule has 1 atom stereocenters. The molecule has 0 saturated heterocycles. The van der Waals surface area contributed by atoms with Crippen molar-refractivity contribution in [1.82, 2.24) is 5.32 Å². The molecule has 0 fully saturated rings. The second-order valence-electron chi connectivity index (χ2n) is 3.20. The van der Waals surface area contributed by atoms with E-state index in [2.05, 4.69) is 19.2 Å². The Labute approximate surface area is 95.3 Å². The van der Waals surface area contributed by atoms with E-state index in [4.69, 9.17) is 15.3 Å². The molecule has 0 aromatic carbocycles. The molecule has 0 saturated carbocycles. The molecular weight excluding hydrogens is 214 g/mol. The van der Waals surface area contributed by atoms with Crippen LogP contribution in [0.25, 0.3) is 0 Å². The van der Waals surface area contributed by atoms with E-state index < -0.39 is 24.5 Å². The minimum Gasteiger partial charge on any atom is -0.481 e.